The van der Waals surface area contributed by atoms with Crippen LogP contribution in [0.25, 0.3) is 16.9 Å². The molecule has 24 heavy (non-hydrogen) atoms. The van der Waals surface area contributed by atoms with Gasteiger partial charge < -0.3 is 24.1 Å². The quantitative estimate of drug-likeness (QED) is 0.430. The van der Waals surface area contributed by atoms with E-state index >= 15 is 0 Å². The first-order valence-electron chi connectivity index (χ1n) is 7.58. The Kier molecular flexibility index (Phi) is 3.76. The maximum Gasteiger partial charge on any atom is 0.350 e. The molecule has 0 atom stereocenters. The highest BCUT2D eigenvalue weighted by molar-refractivity contribution is 7.51. The van der Waals surface area contributed by atoms with Gasteiger partial charge in [0.25, 0.3) is 0 Å². The van der Waals surface area contributed by atoms with Crippen molar-refractivity contribution in [3.05, 3.63) is 24.2 Å². The second-order valence-electron chi connectivity index (χ2n) is 5.76. The highest BCUT2D eigenvalue weighted by Gasteiger charge is 2.21. The summed E-state index contributed by atoms with van der Waals surface area (Å²) < 4.78 is 19.5. The molecule has 1 aliphatic carbocycles. The van der Waals surface area contributed by atoms with Crippen molar-refractivity contribution in [1.82, 2.24) is 23.9 Å². The zero-order chi connectivity index (χ0) is 16.7. The minimum atomic E-state index is -4.15. The van der Waals surface area contributed by atoms with Gasteiger partial charge in [-0.2, -0.15) is 4.98 Å². The van der Waals surface area contributed by atoms with Gasteiger partial charge in [0.05, 0.1) is 19.0 Å². The van der Waals surface area contributed by atoms with E-state index in [-0.39, 0.29) is 6.61 Å². The highest BCUT2D eigenvalue weighted by atomic mass is 31.2. The summed E-state index contributed by atoms with van der Waals surface area (Å²) in [5.41, 5.74) is 2.14. The zero-order valence-corrected chi connectivity index (χ0v) is 13.6. The molecule has 0 unspecified atom stereocenters. The molecule has 1 aliphatic rings. The van der Waals surface area contributed by atoms with Gasteiger partial charge in [-0.3, -0.25) is 14.0 Å². The van der Waals surface area contributed by atoms with Gasteiger partial charge in [-0.05, 0) is 12.8 Å². The second-order valence-corrected chi connectivity index (χ2v) is 7.35. The zero-order valence-electron chi connectivity index (χ0n) is 12.7. The molecule has 10 nitrogen and oxygen atoms in total. The number of aromatic amines is 1. The number of aromatic nitrogens is 5. The van der Waals surface area contributed by atoms with Gasteiger partial charge in [0, 0.05) is 18.9 Å². The van der Waals surface area contributed by atoms with Crippen LogP contribution in [-0.2, 0) is 15.8 Å². The van der Waals surface area contributed by atoms with Crippen LogP contribution in [0.2, 0.25) is 0 Å². The first-order valence-corrected chi connectivity index (χ1v) is 9.38. The Labute approximate surface area is 136 Å². The average Bonchev–Trinajstić information content (AvgIpc) is 3.06. The topological polar surface area (TPSA) is 130 Å². The van der Waals surface area contributed by atoms with Gasteiger partial charge in [-0.25, -0.2) is 4.98 Å². The Bertz CT molecular complexity index is 995. The van der Waals surface area contributed by atoms with E-state index in [9.17, 15) is 4.57 Å². The lowest BCUT2D eigenvalue weighted by Crippen LogP contribution is -2.18. The van der Waals surface area contributed by atoms with Crippen molar-refractivity contribution < 1.29 is 19.1 Å². The Morgan fingerprint density at radius 1 is 1.46 bits per heavy atom. The van der Waals surface area contributed by atoms with E-state index in [0.717, 1.165) is 18.3 Å². The number of rotatable bonds is 6. The molecule has 0 spiro atoms. The number of ether oxygens (including phenoxy) is 1. The van der Waals surface area contributed by atoms with Crippen LogP contribution in [0.3, 0.4) is 0 Å². The fourth-order valence-electron chi connectivity index (χ4n) is 2.46. The summed E-state index contributed by atoms with van der Waals surface area (Å²) in [4.78, 5) is 34.4. The van der Waals surface area contributed by atoms with Crippen molar-refractivity contribution >= 4 is 24.5 Å². The van der Waals surface area contributed by atoms with Crippen LogP contribution in [0.1, 0.15) is 12.8 Å². The molecule has 0 bridgehead atoms. The molecule has 1 saturated carbocycles. The number of H-pyrrole nitrogens is 1. The Hall–Kier alpha value is -2.00. The molecule has 0 radical (unpaired) electrons. The smallest absolute Gasteiger partial charge is 0.350 e. The lowest BCUT2D eigenvalue weighted by Gasteiger charge is -2.07. The van der Waals surface area contributed by atoms with E-state index in [1.165, 1.54) is 0 Å². The predicted molar refractivity (Wildman–Crippen MR) is 84.3 cm³/mol. The summed E-state index contributed by atoms with van der Waals surface area (Å²) in [7, 11) is -4.15. The maximum atomic E-state index is 10.8. The van der Waals surface area contributed by atoms with Crippen molar-refractivity contribution in [3.63, 3.8) is 0 Å². The van der Waals surface area contributed by atoms with Gasteiger partial charge in [0.1, 0.15) is 6.35 Å². The second kappa shape index (κ2) is 5.82. The molecular formula is C13H17N6O4P. The van der Waals surface area contributed by atoms with Gasteiger partial charge in [-0.15, -0.1) is 0 Å². The van der Waals surface area contributed by atoms with Crippen LogP contribution in [0.5, 0.6) is 0 Å². The summed E-state index contributed by atoms with van der Waals surface area (Å²) in [6.45, 7) is 0.548. The summed E-state index contributed by atoms with van der Waals surface area (Å²) in [6, 6.07) is 0.345. The highest BCUT2D eigenvalue weighted by Crippen LogP contribution is 2.33. The molecule has 1 fully saturated rings. The van der Waals surface area contributed by atoms with Crippen LogP contribution in [0.4, 0.5) is 0 Å². The predicted octanol–water partition coefficient (Wildman–Crippen LogP) is 0.227. The van der Waals surface area contributed by atoms with E-state index in [0.29, 0.717) is 29.5 Å². The van der Waals surface area contributed by atoms with Crippen LogP contribution >= 0.6 is 7.60 Å². The molecule has 4 rings (SSSR count). The van der Waals surface area contributed by atoms with Gasteiger partial charge in [-0.1, -0.05) is 0 Å². The SMILES string of the molecule is O=P(O)(O)COCCn1cnc2c(=NC3CC3)n3cc[nH]c3nc21. The number of fused-ring (bicyclic) bond motifs is 2. The first-order chi connectivity index (χ1) is 11.5. The van der Waals surface area contributed by atoms with E-state index in [4.69, 9.17) is 19.5 Å². The molecule has 11 heteroatoms. The van der Waals surface area contributed by atoms with Crippen molar-refractivity contribution in [1.29, 1.82) is 0 Å². The van der Waals surface area contributed by atoms with Crippen molar-refractivity contribution in [2.75, 3.05) is 13.0 Å². The van der Waals surface area contributed by atoms with E-state index < -0.39 is 13.9 Å². The molecule has 0 saturated heterocycles. The number of nitrogens with one attached hydrogen (secondary N) is 1. The third-order valence-electron chi connectivity index (χ3n) is 3.71. The van der Waals surface area contributed by atoms with Crippen LogP contribution in [0.15, 0.2) is 23.7 Å². The summed E-state index contributed by atoms with van der Waals surface area (Å²) in [5.74, 6) is 0.666. The third-order valence-corrected chi connectivity index (χ3v) is 4.23. The third kappa shape index (κ3) is 3.13. The Morgan fingerprint density at radius 3 is 3.04 bits per heavy atom. The van der Waals surface area contributed by atoms with Crippen LogP contribution < -0.4 is 5.49 Å². The van der Waals surface area contributed by atoms with E-state index in [1.54, 1.807) is 17.1 Å². The number of hydrogen-bond donors (Lipinski definition) is 3. The van der Waals surface area contributed by atoms with E-state index in [1.807, 2.05) is 10.6 Å². The van der Waals surface area contributed by atoms with Crippen LogP contribution in [-0.4, -0.2) is 52.7 Å². The van der Waals surface area contributed by atoms with Gasteiger partial charge in [0.15, 0.2) is 16.7 Å². The largest absolute Gasteiger partial charge is 0.367 e. The maximum absolute atomic E-state index is 10.8. The van der Waals surface area contributed by atoms with Crippen molar-refractivity contribution in [2.24, 2.45) is 4.99 Å². The van der Waals surface area contributed by atoms with Gasteiger partial charge in [0.2, 0.25) is 5.78 Å². The molecule has 0 aliphatic heterocycles. The summed E-state index contributed by atoms with van der Waals surface area (Å²) in [5, 5.41) is 0. The minimum absolute atomic E-state index is 0.156. The van der Waals surface area contributed by atoms with E-state index in [2.05, 4.69) is 15.0 Å². The van der Waals surface area contributed by atoms with Crippen molar-refractivity contribution in [2.45, 2.75) is 25.4 Å². The summed E-state index contributed by atoms with van der Waals surface area (Å²) >= 11 is 0. The molecular weight excluding hydrogens is 335 g/mol. The molecule has 0 amide bonds. The number of hydrogen-bond acceptors (Lipinski definition) is 5. The van der Waals surface area contributed by atoms with Gasteiger partial charge >= 0.3 is 7.60 Å². The molecule has 128 valence electrons. The molecule has 3 aromatic rings. The fraction of sp³-hybridized carbons (Fsp3) is 0.462. The lowest BCUT2D eigenvalue weighted by molar-refractivity contribution is 0.149. The lowest BCUT2D eigenvalue weighted by atomic mass is 10.5. The van der Waals surface area contributed by atoms with Crippen molar-refractivity contribution in [3.8, 4) is 0 Å². The fourth-order valence-corrected chi connectivity index (χ4v) is 2.83. The normalized spacial score (nSPS) is 16.5. The molecule has 3 heterocycles. The molecule has 3 N–H and O–H groups in total. The summed E-state index contributed by atoms with van der Waals surface area (Å²) in [6.07, 6.45) is 6.89. The number of nitrogens with zero attached hydrogens (tertiary/aromatic N) is 5. The minimum Gasteiger partial charge on any atom is -0.367 e. The molecule has 0 aromatic carbocycles. The Morgan fingerprint density at radius 2 is 2.29 bits per heavy atom. The monoisotopic (exact) mass is 352 g/mol. The average molecular weight is 352 g/mol. The Balaban J connectivity index is 1.67. The number of imidazole rings is 2. The molecule has 3 aromatic heterocycles. The standard InChI is InChI=1S/C13H17N6O4P/c20-24(21,22)8-23-6-5-18-7-15-10-11(18)17-13-14-3-4-19(13)12(10)16-9-1-2-9/h3-4,7,9H,1-2,5-6,8H2,(H,14,17)(H2,20,21,22). The first kappa shape index (κ1) is 15.5. The van der Waals surface area contributed by atoms with Crippen LogP contribution in [0, 0.1) is 0 Å².